The van der Waals surface area contributed by atoms with Crippen LogP contribution in [0, 0.1) is 0 Å². The Morgan fingerprint density at radius 1 is 1.00 bits per heavy atom. The summed E-state index contributed by atoms with van der Waals surface area (Å²) in [5.74, 6) is -0.180. The SMILES string of the molecule is CCCCCC1(CCCCC)CC(O)=C(C(CC)c2ccccc2)C(=O)O1. The van der Waals surface area contributed by atoms with Gasteiger partial charge >= 0.3 is 5.97 Å². The van der Waals surface area contributed by atoms with Crippen molar-refractivity contribution in [2.45, 2.75) is 96.5 Å². The van der Waals surface area contributed by atoms with Crippen LogP contribution in [0.25, 0.3) is 0 Å². The third-order valence-electron chi connectivity index (χ3n) is 5.76. The second-order valence-corrected chi connectivity index (χ2v) is 7.90. The van der Waals surface area contributed by atoms with E-state index in [2.05, 4.69) is 20.8 Å². The van der Waals surface area contributed by atoms with E-state index in [1.165, 1.54) is 0 Å². The number of carbonyl (C=O) groups is 1. The molecule has 1 atom stereocenters. The zero-order chi connectivity index (χ0) is 19.7. The van der Waals surface area contributed by atoms with Crippen LogP contribution >= 0.6 is 0 Å². The Labute approximate surface area is 164 Å². The largest absolute Gasteiger partial charge is 0.512 e. The van der Waals surface area contributed by atoms with Gasteiger partial charge in [0.15, 0.2) is 0 Å². The molecule has 1 aromatic carbocycles. The summed E-state index contributed by atoms with van der Waals surface area (Å²) in [4.78, 5) is 13.0. The van der Waals surface area contributed by atoms with Crippen molar-refractivity contribution >= 4 is 5.97 Å². The molecule has 0 bridgehead atoms. The summed E-state index contributed by atoms with van der Waals surface area (Å²) >= 11 is 0. The minimum Gasteiger partial charge on any atom is -0.512 e. The van der Waals surface area contributed by atoms with E-state index in [1.807, 2.05) is 30.3 Å². The fourth-order valence-corrected chi connectivity index (χ4v) is 4.24. The monoisotopic (exact) mass is 372 g/mol. The molecular weight excluding hydrogens is 336 g/mol. The van der Waals surface area contributed by atoms with Crippen LogP contribution in [0.4, 0.5) is 0 Å². The molecule has 1 aromatic rings. The van der Waals surface area contributed by atoms with Gasteiger partial charge in [-0.2, -0.15) is 0 Å². The lowest BCUT2D eigenvalue weighted by molar-refractivity contribution is -0.161. The van der Waals surface area contributed by atoms with E-state index in [1.54, 1.807) is 0 Å². The summed E-state index contributed by atoms with van der Waals surface area (Å²) in [5.41, 5.74) is 0.998. The highest BCUT2D eigenvalue weighted by molar-refractivity contribution is 5.92. The van der Waals surface area contributed by atoms with E-state index in [0.717, 1.165) is 63.4 Å². The number of unbranched alkanes of at least 4 members (excludes halogenated alkanes) is 4. The zero-order valence-electron chi connectivity index (χ0n) is 17.3. The highest BCUT2D eigenvalue weighted by Gasteiger charge is 2.43. The Morgan fingerprint density at radius 2 is 1.59 bits per heavy atom. The van der Waals surface area contributed by atoms with Gasteiger partial charge < -0.3 is 9.84 Å². The van der Waals surface area contributed by atoms with Gasteiger partial charge in [-0.25, -0.2) is 4.79 Å². The number of carbonyl (C=O) groups excluding carboxylic acids is 1. The molecule has 0 fully saturated rings. The van der Waals surface area contributed by atoms with Gasteiger partial charge in [0.2, 0.25) is 0 Å². The Balaban J connectivity index is 2.27. The molecule has 150 valence electrons. The van der Waals surface area contributed by atoms with Crippen LogP contribution in [0.3, 0.4) is 0 Å². The molecule has 0 aliphatic carbocycles. The molecule has 0 radical (unpaired) electrons. The van der Waals surface area contributed by atoms with Gasteiger partial charge in [0.05, 0.1) is 5.57 Å². The Kier molecular flexibility index (Phi) is 8.40. The van der Waals surface area contributed by atoms with Crippen LogP contribution in [-0.2, 0) is 9.53 Å². The van der Waals surface area contributed by atoms with Crippen LogP contribution in [-0.4, -0.2) is 16.7 Å². The molecule has 1 heterocycles. The molecule has 1 N–H and O–H groups in total. The highest BCUT2D eigenvalue weighted by Crippen LogP contribution is 2.42. The number of rotatable bonds is 11. The zero-order valence-corrected chi connectivity index (χ0v) is 17.3. The Bertz CT molecular complexity index is 608. The van der Waals surface area contributed by atoms with Crippen molar-refractivity contribution in [3.8, 4) is 0 Å². The molecule has 3 nitrogen and oxygen atoms in total. The maximum atomic E-state index is 13.0. The highest BCUT2D eigenvalue weighted by atomic mass is 16.6. The van der Waals surface area contributed by atoms with Crippen LogP contribution in [0.1, 0.15) is 96.5 Å². The maximum Gasteiger partial charge on any atom is 0.338 e. The second-order valence-electron chi connectivity index (χ2n) is 7.90. The normalized spacial score (nSPS) is 17.7. The van der Waals surface area contributed by atoms with Crippen molar-refractivity contribution < 1.29 is 14.6 Å². The standard InChI is InChI=1S/C24H36O3/c1-4-7-12-16-24(17-13-8-5-2)18-21(25)22(23(26)27-24)20(6-3)19-14-10-9-11-15-19/h9-11,14-15,20,25H,4-8,12-13,16-18H2,1-3H3. The van der Waals surface area contributed by atoms with Gasteiger partial charge in [0, 0.05) is 12.3 Å². The summed E-state index contributed by atoms with van der Waals surface area (Å²) in [6.45, 7) is 6.41. The van der Waals surface area contributed by atoms with Crippen LogP contribution in [0.5, 0.6) is 0 Å². The van der Waals surface area contributed by atoms with E-state index in [4.69, 9.17) is 4.74 Å². The summed E-state index contributed by atoms with van der Waals surface area (Å²) < 4.78 is 6.10. The average Bonchev–Trinajstić information content (AvgIpc) is 2.66. The number of cyclic esters (lactones) is 1. The Morgan fingerprint density at radius 3 is 2.07 bits per heavy atom. The molecular formula is C24H36O3. The van der Waals surface area contributed by atoms with Gasteiger partial charge in [-0.3, -0.25) is 0 Å². The van der Waals surface area contributed by atoms with E-state index < -0.39 is 5.60 Å². The van der Waals surface area contributed by atoms with Crippen LogP contribution in [0.15, 0.2) is 41.7 Å². The number of ether oxygens (including phenoxy) is 1. The number of benzene rings is 1. The van der Waals surface area contributed by atoms with Crippen LogP contribution < -0.4 is 0 Å². The second kappa shape index (κ2) is 10.5. The van der Waals surface area contributed by atoms with Crippen molar-refractivity contribution in [1.29, 1.82) is 0 Å². The number of hydrogen-bond acceptors (Lipinski definition) is 3. The molecule has 1 aliphatic rings. The fourth-order valence-electron chi connectivity index (χ4n) is 4.24. The Hall–Kier alpha value is -1.77. The predicted octanol–water partition coefficient (Wildman–Crippen LogP) is 6.84. The number of aliphatic hydroxyl groups is 1. The molecule has 0 amide bonds. The van der Waals surface area contributed by atoms with Gasteiger partial charge in [0.25, 0.3) is 0 Å². The first kappa shape index (κ1) is 21.5. The van der Waals surface area contributed by atoms with Crippen molar-refractivity contribution in [3.05, 3.63) is 47.2 Å². The van der Waals surface area contributed by atoms with Crippen LogP contribution in [0.2, 0.25) is 0 Å². The smallest absolute Gasteiger partial charge is 0.338 e. The maximum absolute atomic E-state index is 13.0. The summed E-state index contributed by atoms with van der Waals surface area (Å²) in [6, 6.07) is 9.96. The first-order valence-electron chi connectivity index (χ1n) is 10.8. The number of hydrogen-bond donors (Lipinski definition) is 1. The van der Waals surface area contributed by atoms with Crippen molar-refractivity contribution in [3.63, 3.8) is 0 Å². The lowest BCUT2D eigenvalue weighted by Gasteiger charge is -2.39. The fraction of sp³-hybridized carbons (Fsp3) is 0.625. The quantitative estimate of drug-likeness (QED) is 0.342. The lowest BCUT2D eigenvalue weighted by Crippen LogP contribution is -2.41. The molecule has 2 rings (SSSR count). The summed E-state index contributed by atoms with van der Waals surface area (Å²) in [7, 11) is 0. The van der Waals surface area contributed by atoms with Gasteiger partial charge in [-0.1, -0.05) is 76.8 Å². The average molecular weight is 373 g/mol. The van der Waals surface area contributed by atoms with Gasteiger partial charge in [-0.15, -0.1) is 0 Å². The third kappa shape index (κ3) is 5.60. The van der Waals surface area contributed by atoms with E-state index in [-0.39, 0.29) is 17.6 Å². The minimum absolute atomic E-state index is 0.108. The molecule has 0 saturated heterocycles. The molecule has 1 unspecified atom stereocenters. The van der Waals surface area contributed by atoms with Crippen molar-refractivity contribution in [1.82, 2.24) is 0 Å². The minimum atomic E-state index is -0.524. The van der Waals surface area contributed by atoms with E-state index in [9.17, 15) is 9.90 Å². The molecule has 27 heavy (non-hydrogen) atoms. The van der Waals surface area contributed by atoms with Crippen molar-refractivity contribution in [2.75, 3.05) is 0 Å². The molecule has 1 aliphatic heterocycles. The molecule has 0 spiro atoms. The van der Waals surface area contributed by atoms with E-state index >= 15 is 0 Å². The van der Waals surface area contributed by atoms with Gasteiger partial charge in [-0.05, 0) is 37.7 Å². The lowest BCUT2D eigenvalue weighted by atomic mass is 9.80. The molecule has 0 saturated carbocycles. The first-order valence-corrected chi connectivity index (χ1v) is 10.8. The number of aliphatic hydroxyl groups excluding tert-OH is 1. The summed E-state index contributed by atoms with van der Waals surface area (Å²) in [5, 5.41) is 10.9. The third-order valence-corrected chi connectivity index (χ3v) is 5.76. The topological polar surface area (TPSA) is 46.5 Å². The van der Waals surface area contributed by atoms with Gasteiger partial charge in [0.1, 0.15) is 11.4 Å². The first-order chi connectivity index (χ1) is 13.1. The summed E-state index contributed by atoms with van der Waals surface area (Å²) in [6.07, 6.45) is 9.52. The molecule has 0 aromatic heterocycles. The van der Waals surface area contributed by atoms with Crippen molar-refractivity contribution in [2.24, 2.45) is 0 Å². The molecule has 3 heteroatoms. The predicted molar refractivity (Wildman–Crippen MR) is 111 cm³/mol. The number of esters is 1. The van der Waals surface area contributed by atoms with E-state index in [0.29, 0.717) is 12.0 Å².